The van der Waals surface area contributed by atoms with E-state index in [4.69, 9.17) is 4.74 Å². The van der Waals surface area contributed by atoms with Crippen molar-refractivity contribution in [3.05, 3.63) is 24.3 Å². The summed E-state index contributed by atoms with van der Waals surface area (Å²) in [6, 6.07) is 0.221. The van der Waals surface area contributed by atoms with Crippen molar-refractivity contribution >= 4 is 0 Å². The first-order valence-corrected chi connectivity index (χ1v) is 5.30. The van der Waals surface area contributed by atoms with Crippen LogP contribution in [0.25, 0.3) is 0 Å². The zero-order chi connectivity index (χ0) is 11.1. The van der Waals surface area contributed by atoms with Crippen molar-refractivity contribution in [1.82, 2.24) is 15.3 Å². The number of hydrogen-bond acceptors (Lipinski definition) is 4. The van der Waals surface area contributed by atoms with Crippen molar-refractivity contribution in [2.75, 3.05) is 13.7 Å². The third kappa shape index (κ3) is 3.93. The molecule has 0 spiro atoms. The predicted molar refractivity (Wildman–Crippen MR) is 59.5 cm³/mol. The minimum atomic E-state index is 0.219. The maximum Gasteiger partial charge on any atom is 0.0757 e. The molecule has 1 aromatic heterocycles. The van der Waals surface area contributed by atoms with Gasteiger partial charge in [-0.15, -0.1) is 0 Å². The molecule has 15 heavy (non-hydrogen) atoms. The van der Waals surface area contributed by atoms with Crippen molar-refractivity contribution in [2.24, 2.45) is 0 Å². The maximum absolute atomic E-state index is 5.26. The van der Waals surface area contributed by atoms with E-state index in [1.165, 1.54) is 0 Å². The quantitative estimate of drug-likeness (QED) is 0.772. The zero-order valence-corrected chi connectivity index (χ0v) is 9.60. The number of rotatable bonds is 6. The van der Waals surface area contributed by atoms with Crippen LogP contribution in [0.15, 0.2) is 18.6 Å². The second-order valence-electron chi connectivity index (χ2n) is 3.52. The fourth-order valence-corrected chi connectivity index (χ4v) is 1.47. The summed E-state index contributed by atoms with van der Waals surface area (Å²) in [4.78, 5) is 8.38. The average Bonchev–Trinajstić information content (AvgIpc) is 2.29. The molecule has 1 rings (SSSR count). The van der Waals surface area contributed by atoms with E-state index in [0.29, 0.717) is 0 Å². The van der Waals surface area contributed by atoms with E-state index in [-0.39, 0.29) is 12.1 Å². The molecule has 0 amide bonds. The lowest BCUT2D eigenvalue weighted by Crippen LogP contribution is -2.26. The number of nitrogens with zero attached hydrogens (tertiary/aromatic N) is 2. The van der Waals surface area contributed by atoms with Gasteiger partial charge in [0.2, 0.25) is 0 Å². The van der Waals surface area contributed by atoms with Crippen LogP contribution in [0.1, 0.15) is 32.0 Å². The Bertz CT molecular complexity index is 266. The Balaban J connectivity index is 2.65. The third-order valence-electron chi connectivity index (χ3n) is 2.36. The molecule has 2 atom stereocenters. The van der Waals surface area contributed by atoms with Crippen molar-refractivity contribution in [2.45, 2.75) is 32.4 Å². The van der Waals surface area contributed by atoms with Gasteiger partial charge >= 0.3 is 0 Å². The highest BCUT2D eigenvalue weighted by Crippen LogP contribution is 2.16. The molecule has 0 aromatic carbocycles. The number of hydrogen-bond donors (Lipinski definition) is 1. The highest BCUT2D eigenvalue weighted by atomic mass is 16.5. The van der Waals surface area contributed by atoms with Gasteiger partial charge in [-0.25, -0.2) is 0 Å². The lowest BCUT2D eigenvalue weighted by atomic mass is 10.1. The van der Waals surface area contributed by atoms with Crippen molar-refractivity contribution < 1.29 is 4.74 Å². The second-order valence-corrected chi connectivity index (χ2v) is 3.52. The Kier molecular flexibility index (Phi) is 5.21. The van der Waals surface area contributed by atoms with Crippen LogP contribution >= 0.6 is 0 Å². The van der Waals surface area contributed by atoms with Crippen molar-refractivity contribution in [3.63, 3.8) is 0 Å². The summed E-state index contributed by atoms with van der Waals surface area (Å²) in [6.07, 6.45) is 6.33. The molecule has 0 bridgehead atoms. The molecule has 1 heterocycles. The molecule has 0 aliphatic carbocycles. The molecule has 2 unspecified atom stereocenters. The second kappa shape index (κ2) is 6.48. The van der Waals surface area contributed by atoms with Crippen LogP contribution in [-0.2, 0) is 4.74 Å². The summed E-state index contributed by atoms with van der Waals surface area (Å²) in [5.74, 6) is 0. The Morgan fingerprint density at radius 2 is 2.27 bits per heavy atom. The van der Waals surface area contributed by atoms with Crippen LogP contribution < -0.4 is 5.32 Å². The van der Waals surface area contributed by atoms with E-state index in [0.717, 1.165) is 18.7 Å². The van der Waals surface area contributed by atoms with Crippen LogP contribution in [0.2, 0.25) is 0 Å². The molecular weight excluding hydrogens is 190 g/mol. The lowest BCUT2D eigenvalue weighted by Gasteiger charge is -2.20. The van der Waals surface area contributed by atoms with E-state index in [2.05, 4.69) is 29.1 Å². The fourth-order valence-electron chi connectivity index (χ4n) is 1.47. The smallest absolute Gasteiger partial charge is 0.0757 e. The number of nitrogens with one attached hydrogen (secondary N) is 1. The van der Waals surface area contributed by atoms with Gasteiger partial charge in [-0.1, -0.05) is 6.92 Å². The number of ether oxygens (including phenoxy) is 1. The molecule has 84 valence electrons. The minimum absolute atomic E-state index is 0.219. The van der Waals surface area contributed by atoms with Crippen LogP contribution in [0.3, 0.4) is 0 Å². The topological polar surface area (TPSA) is 47.0 Å². The molecule has 0 aliphatic rings. The van der Waals surface area contributed by atoms with Crippen LogP contribution in [-0.4, -0.2) is 29.7 Å². The standard InChI is InChI=1S/C11H19N3O/c1-4-13-10(7-9(2)15-3)11-8-12-5-6-14-11/h5-6,8-10,13H,4,7H2,1-3H3. The van der Waals surface area contributed by atoms with E-state index >= 15 is 0 Å². The van der Waals surface area contributed by atoms with Gasteiger partial charge in [0.05, 0.1) is 17.8 Å². The van der Waals surface area contributed by atoms with Crippen LogP contribution in [0.4, 0.5) is 0 Å². The first-order chi connectivity index (χ1) is 7.27. The van der Waals surface area contributed by atoms with Crippen LogP contribution in [0, 0.1) is 0 Å². The van der Waals surface area contributed by atoms with E-state index in [1.807, 2.05) is 0 Å². The highest BCUT2D eigenvalue weighted by Gasteiger charge is 2.15. The molecule has 0 aliphatic heterocycles. The van der Waals surface area contributed by atoms with Gasteiger partial charge in [-0.2, -0.15) is 0 Å². The summed E-state index contributed by atoms with van der Waals surface area (Å²) in [6.45, 7) is 5.05. The normalized spacial score (nSPS) is 14.9. The Hall–Kier alpha value is -1.00. The molecule has 1 N–H and O–H groups in total. The molecule has 4 heteroatoms. The molecule has 0 radical (unpaired) electrons. The summed E-state index contributed by atoms with van der Waals surface area (Å²) in [5, 5.41) is 3.38. The zero-order valence-electron chi connectivity index (χ0n) is 9.60. The van der Waals surface area contributed by atoms with E-state index in [1.54, 1.807) is 25.7 Å². The van der Waals surface area contributed by atoms with E-state index in [9.17, 15) is 0 Å². The summed E-state index contributed by atoms with van der Waals surface area (Å²) >= 11 is 0. The predicted octanol–water partition coefficient (Wildman–Crippen LogP) is 1.55. The van der Waals surface area contributed by atoms with Gasteiger partial charge in [0.25, 0.3) is 0 Å². The molecule has 1 aromatic rings. The molecule has 4 nitrogen and oxygen atoms in total. The van der Waals surface area contributed by atoms with Gasteiger partial charge in [0.1, 0.15) is 0 Å². The monoisotopic (exact) mass is 209 g/mol. The molecule has 0 fully saturated rings. The van der Waals surface area contributed by atoms with Gasteiger partial charge in [0, 0.05) is 25.7 Å². The van der Waals surface area contributed by atoms with Gasteiger partial charge in [-0.05, 0) is 19.9 Å². The van der Waals surface area contributed by atoms with Gasteiger partial charge in [0.15, 0.2) is 0 Å². The summed E-state index contributed by atoms with van der Waals surface area (Å²) in [5.41, 5.74) is 0.975. The largest absolute Gasteiger partial charge is 0.382 e. The van der Waals surface area contributed by atoms with Crippen molar-refractivity contribution in [1.29, 1.82) is 0 Å². The Morgan fingerprint density at radius 1 is 1.47 bits per heavy atom. The van der Waals surface area contributed by atoms with Gasteiger partial charge < -0.3 is 10.1 Å². The van der Waals surface area contributed by atoms with Crippen LogP contribution in [0.5, 0.6) is 0 Å². The maximum atomic E-state index is 5.26. The fraction of sp³-hybridized carbons (Fsp3) is 0.636. The third-order valence-corrected chi connectivity index (χ3v) is 2.36. The first-order valence-electron chi connectivity index (χ1n) is 5.30. The Labute approximate surface area is 91.1 Å². The lowest BCUT2D eigenvalue weighted by molar-refractivity contribution is 0.100. The van der Waals surface area contributed by atoms with E-state index < -0.39 is 0 Å². The van der Waals surface area contributed by atoms with Crippen molar-refractivity contribution in [3.8, 4) is 0 Å². The Morgan fingerprint density at radius 3 is 2.80 bits per heavy atom. The molecule has 0 saturated heterocycles. The minimum Gasteiger partial charge on any atom is -0.382 e. The molecule has 0 saturated carbocycles. The highest BCUT2D eigenvalue weighted by molar-refractivity contribution is 5.02. The molecular formula is C11H19N3O. The first kappa shape index (κ1) is 12.1. The SMILES string of the molecule is CCNC(CC(C)OC)c1cnccn1. The summed E-state index contributed by atoms with van der Waals surface area (Å²) < 4.78 is 5.26. The number of methoxy groups -OCH3 is 1. The van der Waals surface area contributed by atoms with Gasteiger partial charge in [-0.3, -0.25) is 9.97 Å². The number of aromatic nitrogens is 2. The average molecular weight is 209 g/mol. The summed E-state index contributed by atoms with van der Waals surface area (Å²) in [7, 11) is 1.73.